The van der Waals surface area contributed by atoms with Crippen molar-refractivity contribution in [3.63, 3.8) is 0 Å². The van der Waals surface area contributed by atoms with Crippen molar-refractivity contribution >= 4 is 11.9 Å². The maximum absolute atomic E-state index is 10.4. The van der Waals surface area contributed by atoms with Crippen molar-refractivity contribution in [3.8, 4) is 0 Å². The fourth-order valence-electron chi connectivity index (χ4n) is 0.343. The number of carbonyl (C=O) groups excluding carboxylic acids is 1. The lowest BCUT2D eigenvalue weighted by Crippen LogP contribution is -2.27. The molecular formula is C7H16N4O. The van der Waals surface area contributed by atoms with Gasteiger partial charge < -0.3 is 16.8 Å². The molecule has 0 aromatic carbocycles. The van der Waals surface area contributed by atoms with Gasteiger partial charge in [0.2, 0.25) is 5.91 Å². The summed E-state index contributed by atoms with van der Waals surface area (Å²) < 4.78 is 0. The lowest BCUT2D eigenvalue weighted by Gasteiger charge is -2.02. The molecule has 70 valence electrons. The molecule has 12 heavy (non-hydrogen) atoms. The number of hydrogen-bond donors (Lipinski definition) is 4. The van der Waals surface area contributed by atoms with Crippen LogP contribution >= 0.6 is 0 Å². The normalized spacial score (nSPS) is 7.92. The van der Waals surface area contributed by atoms with Gasteiger partial charge in [0.05, 0.1) is 0 Å². The van der Waals surface area contributed by atoms with Gasteiger partial charge >= 0.3 is 0 Å². The van der Waals surface area contributed by atoms with Crippen LogP contribution in [0.3, 0.4) is 0 Å². The zero-order valence-electron chi connectivity index (χ0n) is 7.42. The van der Waals surface area contributed by atoms with Gasteiger partial charge in [-0.2, -0.15) is 0 Å². The van der Waals surface area contributed by atoms with Crippen molar-refractivity contribution in [3.05, 3.63) is 12.7 Å². The number of hydrogen-bond acceptors (Lipinski definition) is 2. The van der Waals surface area contributed by atoms with E-state index < -0.39 is 0 Å². The number of nitrogens with one attached hydrogen (secondary N) is 2. The maximum atomic E-state index is 10.4. The Hall–Kier alpha value is -1.52. The Kier molecular flexibility index (Phi) is 8.28. The molecule has 0 fully saturated rings. The molecule has 0 unspecified atom stereocenters. The molecule has 6 N–H and O–H groups in total. The highest BCUT2D eigenvalue weighted by atomic mass is 16.1. The van der Waals surface area contributed by atoms with E-state index in [-0.39, 0.29) is 17.9 Å². The van der Waals surface area contributed by atoms with E-state index >= 15 is 0 Å². The lowest BCUT2D eigenvalue weighted by molar-refractivity contribution is -0.116. The van der Waals surface area contributed by atoms with Crippen LogP contribution in [0.1, 0.15) is 13.8 Å². The fourth-order valence-corrected chi connectivity index (χ4v) is 0.343. The SMILES string of the molecule is C=CC(=O)NC(C)C.N=C(N)N. The molecule has 5 nitrogen and oxygen atoms in total. The van der Waals surface area contributed by atoms with Gasteiger partial charge in [0.1, 0.15) is 0 Å². The molecule has 0 saturated carbocycles. The van der Waals surface area contributed by atoms with Crippen molar-refractivity contribution in [1.82, 2.24) is 5.32 Å². The van der Waals surface area contributed by atoms with Crippen molar-refractivity contribution in [2.75, 3.05) is 0 Å². The fraction of sp³-hybridized carbons (Fsp3) is 0.429. The Morgan fingerprint density at radius 1 is 1.58 bits per heavy atom. The Labute approximate surface area is 72.3 Å². The molecule has 0 atom stereocenters. The average molecular weight is 172 g/mol. The lowest BCUT2D eigenvalue weighted by atomic mass is 10.4. The van der Waals surface area contributed by atoms with E-state index in [1.54, 1.807) is 0 Å². The predicted molar refractivity (Wildman–Crippen MR) is 49.6 cm³/mol. The summed E-state index contributed by atoms with van der Waals surface area (Å²) in [5, 5.41) is 8.69. The number of rotatable bonds is 2. The second-order valence-electron chi connectivity index (χ2n) is 2.32. The van der Waals surface area contributed by atoms with Gasteiger partial charge in [0.25, 0.3) is 0 Å². The summed E-state index contributed by atoms with van der Waals surface area (Å²) in [5.74, 6) is -0.444. The third-order valence-corrected chi connectivity index (χ3v) is 0.616. The first-order chi connectivity index (χ1) is 5.40. The Bertz CT molecular complexity index is 161. The molecule has 0 aliphatic rings. The smallest absolute Gasteiger partial charge is 0.243 e. The van der Waals surface area contributed by atoms with Gasteiger partial charge in [-0.15, -0.1) is 0 Å². The molecule has 0 bridgehead atoms. The van der Waals surface area contributed by atoms with Crippen LogP contribution in [0, 0.1) is 5.41 Å². The Balaban J connectivity index is 0. The van der Waals surface area contributed by atoms with Crippen LogP contribution in [-0.4, -0.2) is 17.9 Å². The number of guanidine groups is 1. The van der Waals surface area contributed by atoms with Crippen LogP contribution in [-0.2, 0) is 4.79 Å². The largest absolute Gasteiger partial charge is 0.370 e. The second-order valence-corrected chi connectivity index (χ2v) is 2.32. The summed E-state index contributed by atoms with van der Waals surface area (Å²) in [6, 6.07) is 0.209. The van der Waals surface area contributed by atoms with E-state index in [9.17, 15) is 4.79 Å². The number of carbonyl (C=O) groups is 1. The molecule has 0 aromatic rings. The highest BCUT2D eigenvalue weighted by Crippen LogP contribution is 1.75. The molecule has 0 aromatic heterocycles. The third-order valence-electron chi connectivity index (χ3n) is 0.616. The second kappa shape index (κ2) is 7.59. The van der Waals surface area contributed by atoms with Gasteiger partial charge in [0, 0.05) is 6.04 Å². The van der Waals surface area contributed by atoms with Gasteiger partial charge in [-0.3, -0.25) is 10.2 Å². The van der Waals surface area contributed by atoms with Crippen LogP contribution in [0.2, 0.25) is 0 Å². The van der Waals surface area contributed by atoms with Crippen molar-refractivity contribution in [2.45, 2.75) is 19.9 Å². The van der Waals surface area contributed by atoms with E-state index in [0.29, 0.717) is 0 Å². The molecule has 0 aliphatic carbocycles. The first-order valence-electron chi connectivity index (χ1n) is 3.42. The molecule has 0 rings (SSSR count). The van der Waals surface area contributed by atoms with Crippen LogP contribution < -0.4 is 16.8 Å². The number of nitrogens with two attached hydrogens (primary N) is 2. The average Bonchev–Trinajstić information content (AvgIpc) is 1.84. The quantitative estimate of drug-likeness (QED) is 0.257. The van der Waals surface area contributed by atoms with Crippen molar-refractivity contribution in [2.24, 2.45) is 11.5 Å². The monoisotopic (exact) mass is 172 g/mol. The number of amides is 1. The molecule has 0 radical (unpaired) electrons. The minimum absolute atomic E-state index is 0.111. The van der Waals surface area contributed by atoms with E-state index in [1.807, 2.05) is 13.8 Å². The van der Waals surface area contributed by atoms with Crippen LogP contribution in [0.15, 0.2) is 12.7 Å². The summed E-state index contributed by atoms with van der Waals surface area (Å²) >= 11 is 0. The minimum atomic E-state index is -0.333. The molecule has 5 heteroatoms. The molecular weight excluding hydrogens is 156 g/mol. The third kappa shape index (κ3) is 23.6. The van der Waals surface area contributed by atoms with E-state index in [4.69, 9.17) is 5.41 Å². The van der Waals surface area contributed by atoms with E-state index in [0.717, 1.165) is 0 Å². The predicted octanol–water partition coefficient (Wildman–Crippen LogP) is -0.464. The van der Waals surface area contributed by atoms with Gasteiger partial charge in [-0.05, 0) is 19.9 Å². The summed E-state index contributed by atoms with van der Waals surface area (Å²) in [7, 11) is 0. The molecule has 0 spiro atoms. The van der Waals surface area contributed by atoms with Gasteiger partial charge in [-0.25, -0.2) is 0 Å². The maximum Gasteiger partial charge on any atom is 0.243 e. The van der Waals surface area contributed by atoms with E-state index in [1.165, 1.54) is 6.08 Å². The molecule has 0 saturated heterocycles. The zero-order chi connectivity index (χ0) is 10.1. The zero-order valence-corrected chi connectivity index (χ0v) is 7.42. The first kappa shape index (κ1) is 13.1. The molecule has 0 aliphatic heterocycles. The standard InChI is InChI=1S/C6H11NO.CH5N3/c1-4-6(8)7-5(2)3;2-1(3)4/h4-5H,1H2,2-3H3,(H,7,8);(H5,2,3,4). The van der Waals surface area contributed by atoms with Crippen molar-refractivity contribution in [1.29, 1.82) is 5.41 Å². The highest BCUT2D eigenvalue weighted by Gasteiger charge is 1.93. The first-order valence-corrected chi connectivity index (χ1v) is 3.42. The summed E-state index contributed by atoms with van der Waals surface area (Å²) in [6.07, 6.45) is 1.26. The summed E-state index contributed by atoms with van der Waals surface area (Å²) in [4.78, 5) is 10.4. The topological polar surface area (TPSA) is 105 Å². The van der Waals surface area contributed by atoms with Gasteiger partial charge in [0.15, 0.2) is 5.96 Å². The Morgan fingerprint density at radius 3 is 2.00 bits per heavy atom. The molecule has 1 amide bonds. The molecule has 0 heterocycles. The van der Waals surface area contributed by atoms with Crippen molar-refractivity contribution < 1.29 is 4.79 Å². The van der Waals surface area contributed by atoms with Crippen LogP contribution in [0.25, 0.3) is 0 Å². The van der Waals surface area contributed by atoms with E-state index in [2.05, 4.69) is 23.4 Å². The summed E-state index contributed by atoms with van der Waals surface area (Å²) in [5.41, 5.74) is 8.94. The van der Waals surface area contributed by atoms with Gasteiger partial charge in [-0.1, -0.05) is 6.58 Å². The van der Waals surface area contributed by atoms with Crippen LogP contribution in [0.5, 0.6) is 0 Å². The van der Waals surface area contributed by atoms with Crippen LogP contribution in [0.4, 0.5) is 0 Å². The summed E-state index contributed by atoms with van der Waals surface area (Å²) in [6.45, 7) is 7.11. The minimum Gasteiger partial charge on any atom is -0.370 e. The Morgan fingerprint density at radius 2 is 1.92 bits per heavy atom. The highest BCUT2D eigenvalue weighted by molar-refractivity contribution is 5.86.